The van der Waals surface area contributed by atoms with Crippen LogP contribution < -0.4 is 5.32 Å². The Kier molecular flexibility index (Phi) is 5.46. The topological polar surface area (TPSA) is 62.6 Å². The molecule has 0 atom stereocenters. The van der Waals surface area contributed by atoms with Crippen molar-refractivity contribution < 1.29 is 12.8 Å². The second-order valence-electron chi connectivity index (χ2n) is 5.66. The summed E-state index contributed by atoms with van der Waals surface area (Å²) in [5, 5.41) is 2.98. The Morgan fingerprint density at radius 3 is 2.57 bits per heavy atom. The van der Waals surface area contributed by atoms with Crippen LogP contribution in [0.5, 0.6) is 0 Å². The average molecular weight is 314 g/mol. The standard InChI is InChI=1S/C15H26N2O3S/c1-4-17(13-8-6-5-7-9-13)21(18,19)15-10-14(11-16-3)20-12(15)2/h10,13,16H,4-9,11H2,1-3H3. The average Bonchev–Trinajstić information content (AvgIpc) is 2.82. The van der Waals surface area contributed by atoms with E-state index in [2.05, 4.69) is 5.32 Å². The molecular formula is C15H26N2O3S. The van der Waals surface area contributed by atoms with Crippen LogP contribution in [0.25, 0.3) is 0 Å². The molecule has 1 N–H and O–H groups in total. The summed E-state index contributed by atoms with van der Waals surface area (Å²) in [6, 6.07) is 1.79. The van der Waals surface area contributed by atoms with Gasteiger partial charge in [-0.2, -0.15) is 4.31 Å². The van der Waals surface area contributed by atoms with E-state index in [9.17, 15) is 8.42 Å². The van der Waals surface area contributed by atoms with E-state index in [0.717, 1.165) is 25.7 Å². The maximum atomic E-state index is 12.9. The summed E-state index contributed by atoms with van der Waals surface area (Å²) in [6.07, 6.45) is 5.38. The molecule has 2 rings (SSSR count). The van der Waals surface area contributed by atoms with E-state index < -0.39 is 10.0 Å². The molecule has 0 spiro atoms. The van der Waals surface area contributed by atoms with Gasteiger partial charge in [0.2, 0.25) is 10.0 Å². The zero-order chi connectivity index (χ0) is 15.5. The van der Waals surface area contributed by atoms with Crippen molar-refractivity contribution >= 4 is 10.0 Å². The van der Waals surface area contributed by atoms with Gasteiger partial charge in [-0.3, -0.25) is 0 Å². The van der Waals surface area contributed by atoms with Gasteiger partial charge in [0.15, 0.2) is 0 Å². The Labute approximate surface area is 127 Å². The van der Waals surface area contributed by atoms with Gasteiger partial charge >= 0.3 is 0 Å². The van der Waals surface area contributed by atoms with Gasteiger partial charge in [-0.25, -0.2) is 8.42 Å². The minimum absolute atomic E-state index is 0.135. The van der Waals surface area contributed by atoms with E-state index in [1.807, 2.05) is 14.0 Å². The third kappa shape index (κ3) is 3.49. The lowest BCUT2D eigenvalue weighted by atomic mass is 9.95. The largest absolute Gasteiger partial charge is 0.464 e. The van der Waals surface area contributed by atoms with E-state index in [1.54, 1.807) is 17.3 Å². The van der Waals surface area contributed by atoms with Crippen molar-refractivity contribution in [2.75, 3.05) is 13.6 Å². The monoisotopic (exact) mass is 314 g/mol. The molecule has 1 aliphatic rings. The van der Waals surface area contributed by atoms with Gasteiger partial charge in [-0.05, 0) is 26.8 Å². The molecule has 5 nitrogen and oxygen atoms in total. The lowest BCUT2D eigenvalue weighted by molar-refractivity contribution is 0.261. The summed E-state index contributed by atoms with van der Waals surface area (Å²) in [6.45, 7) is 4.68. The minimum atomic E-state index is -3.47. The van der Waals surface area contributed by atoms with Crippen LogP contribution in [0.15, 0.2) is 15.4 Å². The summed E-state index contributed by atoms with van der Waals surface area (Å²) in [7, 11) is -1.66. The van der Waals surface area contributed by atoms with Crippen molar-refractivity contribution in [2.24, 2.45) is 0 Å². The van der Waals surface area contributed by atoms with E-state index in [4.69, 9.17) is 4.42 Å². The number of hydrogen-bond donors (Lipinski definition) is 1. The van der Waals surface area contributed by atoms with Crippen LogP contribution >= 0.6 is 0 Å². The fourth-order valence-electron chi connectivity index (χ4n) is 3.16. The minimum Gasteiger partial charge on any atom is -0.464 e. The molecule has 0 radical (unpaired) electrons. The highest BCUT2D eigenvalue weighted by atomic mass is 32.2. The highest BCUT2D eigenvalue weighted by Crippen LogP contribution is 2.30. The smallest absolute Gasteiger partial charge is 0.246 e. The zero-order valence-corrected chi connectivity index (χ0v) is 14.0. The summed E-state index contributed by atoms with van der Waals surface area (Å²) >= 11 is 0. The third-order valence-electron chi connectivity index (χ3n) is 4.15. The van der Waals surface area contributed by atoms with E-state index >= 15 is 0 Å². The van der Waals surface area contributed by atoms with E-state index in [1.165, 1.54) is 6.42 Å². The number of furan rings is 1. The molecule has 0 aliphatic heterocycles. The molecule has 1 fully saturated rings. The first-order chi connectivity index (χ1) is 10.0. The van der Waals surface area contributed by atoms with Gasteiger partial charge in [0.05, 0.1) is 6.54 Å². The SMILES string of the molecule is CCN(C1CCCCC1)S(=O)(=O)c1cc(CNC)oc1C. The molecule has 1 aromatic heterocycles. The molecule has 1 heterocycles. The van der Waals surface area contributed by atoms with Crippen molar-refractivity contribution in [2.45, 2.75) is 63.4 Å². The lowest BCUT2D eigenvalue weighted by Crippen LogP contribution is -2.41. The van der Waals surface area contributed by atoms with Gasteiger partial charge in [0.1, 0.15) is 16.4 Å². The predicted octanol–water partition coefficient (Wildman–Crippen LogP) is 2.65. The number of sulfonamides is 1. The Hall–Kier alpha value is -0.850. The molecule has 120 valence electrons. The van der Waals surface area contributed by atoms with Crippen LogP contribution in [-0.4, -0.2) is 32.4 Å². The predicted molar refractivity (Wildman–Crippen MR) is 82.6 cm³/mol. The molecule has 1 aromatic rings. The maximum Gasteiger partial charge on any atom is 0.246 e. The molecule has 0 saturated heterocycles. The van der Waals surface area contributed by atoms with Crippen molar-refractivity contribution in [1.82, 2.24) is 9.62 Å². The second kappa shape index (κ2) is 6.94. The van der Waals surface area contributed by atoms with Crippen LogP contribution in [0.3, 0.4) is 0 Å². The normalized spacial score (nSPS) is 17.5. The quantitative estimate of drug-likeness (QED) is 0.877. The van der Waals surface area contributed by atoms with Crippen molar-refractivity contribution in [3.63, 3.8) is 0 Å². The molecule has 0 unspecified atom stereocenters. The van der Waals surface area contributed by atoms with Crippen LogP contribution in [0.4, 0.5) is 0 Å². The fourth-order valence-corrected chi connectivity index (χ4v) is 5.04. The highest BCUT2D eigenvalue weighted by Gasteiger charge is 2.33. The van der Waals surface area contributed by atoms with Crippen LogP contribution in [0, 0.1) is 6.92 Å². The van der Waals surface area contributed by atoms with Crippen molar-refractivity contribution in [3.05, 3.63) is 17.6 Å². The number of aryl methyl sites for hydroxylation is 1. The van der Waals surface area contributed by atoms with Crippen LogP contribution in [0.2, 0.25) is 0 Å². The van der Waals surface area contributed by atoms with E-state index in [0.29, 0.717) is 29.5 Å². The second-order valence-corrected chi connectivity index (χ2v) is 7.52. The summed E-state index contributed by atoms with van der Waals surface area (Å²) < 4.78 is 33.1. The number of rotatable bonds is 6. The van der Waals surface area contributed by atoms with Crippen molar-refractivity contribution in [3.8, 4) is 0 Å². The van der Waals surface area contributed by atoms with Gasteiger partial charge in [-0.1, -0.05) is 26.2 Å². The summed E-state index contributed by atoms with van der Waals surface area (Å²) in [5.41, 5.74) is 0. The Morgan fingerprint density at radius 2 is 2.00 bits per heavy atom. The third-order valence-corrected chi connectivity index (χ3v) is 6.29. The molecule has 6 heteroatoms. The van der Waals surface area contributed by atoms with E-state index in [-0.39, 0.29) is 6.04 Å². The molecule has 1 aliphatic carbocycles. The maximum absolute atomic E-state index is 12.9. The molecule has 1 saturated carbocycles. The van der Waals surface area contributed by atoms with Gasteiger partial charge in [0, 0.05) is 18.7 Å². The molecule has 0 amide bonds. The fraction of sp³-hybridized carbons (Fsp3) is 0.733. The Balaban J connectivity index is 2.30. The number of nitrogens with zero attached hydrogens (tertiary/aromatic N) is 1. The first kappa shape index (κ1) is 16.5. The van der Waals surface area contributed by atoms with Gasteiger partial charge in [0.25, 0.3) is 0 Å². The van der Waals surface area contributed by atoms with Gasteiger partial charge < -0.3 is 9.73 Å². The number of nitrogens with one attached hydrogen (secondary N) is 1. The van der Waals surface area contributed by atoms with Crippen molar-refractivity contribution in [1.29, 1.82) is 0 Å². The molecular weight excluding hydrogens is 288 g/mol. The number of hydrogen-bond acceptors (Lipinski definition) is 4. The molecule has 0 aromatic carbocycles. The molecule has 0 bridgehead atoms. The summed E-state index contributed by atoms with van der Waals surface area (Å²) in [4.78, 5) is 0.320. The van der Waals surface area contributed by atoms with Gasteiger partial charge in [-0.15, -0.1) is 0 Å². The Morgan fingerprint density at radius 1 is 1.33 bits per heavy atom. The Bertz CT molecular complexity index is 559. The first-order valence-electron chi connectivity index (χ1n) is 7.76. The molecule has 21 heavy (non-hydrogen) atoms. The lowest BCUT2D eigenvalue weighted by Gasteiger charge is -2.32. The van der Waals surface area contributed by atoms with Crippen LogP contribution in [0.1, 0.15) is 50.5 Å². The highest BCUT2D eigenvalue weighted by molar-refractivity contribution is 7.89. The summed E-state index contributed by atoms with van der Waals surface area (Å²) in [5.74, 6) is 1.14. The first-order valence-corrected chi connectivity index (χ1v) is 9.20. The zero-order valence-electron chi connectivity index (χ0n) is 13.2. The van der Waals surface area contributed by atoms with Crippen LogP contribution in [-0.2, 0) is 16.6 Å².